The Morgan fingerprint density at radius 3 is 0.977 bits per heavy atom. The molecule has 3 aliphatic rings. The minimum atomic E-state index is -0.390. The molecule has 3 aliphatic carbocycles. The van der Waals surface area contributed by atoms with Crippen molar-refractivity contribution in [2.75, 3.05) is 23.1 Å². The number of hydrogen-bond donors (Lipinski definition) is 4. The Hall–Kier alpha value is -5.74. The van der Waals surface area contributed by atoms with Crippen molar-refractivity contribution in [3.63, 3.8) is 0 Å². The number of methoxy groups -OCH3 is 1. The van der Waals surface area contributed by atoms with Gasteiger partial charge in [0, 0.05) is 30.5 Å². The first-order chi connectivity index (χ1) is 40.9. The zero-order chi connectivity index (χ0) is 64.2. The van der Waals surface area contributed by atoms with Crippen molar-refractivity contribution in [1.82, 2.24) is 0 Å². The summed E-state index contributed by atoms with van der Waals surface area (Å²) >= 11 is 13.9. The van der Waals surface area contributed by atoms with Crippen LogP contribution in [0, 0.1) is 0 Å². The van der Waals surface area contributed by atoms with Crippen molar-refractivity contribution in [2.24, 2.45) is 0 Å². The van der Waals surface area contributed by atoms with Gasteiger partial charge in [-0.25, -0.2) is 0 Å². The summed E-state index contributed by atoms with van der Waals surface area (Å²) in [5, 5.41) is 18.8. The van der Waals surface area contributed by atoms with Crippen LogP contribution in [0.1, 0.15) is 215 Å². The molecular weight excluding hydrogens is 1310 g/mol. The SMILES string of the molecule is BrB(Br)Br.CC(=O)Cl.CC(=O)Oc1cc2c(cc1NC(=O)c1ccc(C(C)(C)C)cc1)CCCCC2.CC(C)(C)c1ccc(C(=O)Nc2cc3c(cc2O)CCCCC3)cc1.COc1cc2c(cc1NC(=O)c1ccc(C(C)(C)C)cc1)CCCCC2. The molecule has 9 rings (SSSR count). The summed E-state index contributed by atoms with van der Waals surface area (Å²) in [7, 11) is 1.66. The number of fused-ring (bicyclic) bond motifs is 3. The maximum absolute atomic E-state index is 12.8. The molecule has 0 aromatic heterocycles. The highest BCUT2D eigenvalue weighted by Crippen LogP contribution is 2.36. The molecule has 466 valence electrons. The summed E-state index contributed by atoms with van der Waals surface area (Å²) < 4.78 is 11.2. The average molecular weight is 1400 g/mol. The molecule has 0 heterocycles. The van der Waals surface area contributed by atoms with Crippen LogP contribution in [-0.4, -0.2) is 44.3 Å². The van der Waals surface area contributed by atoms with Gasteiger partial charge in [0.15, 0.2) is 5.75 Å². The lowest BCUT2D eigenvalue weighted by atomic mass is 9.86. The number of esters is 1. The number of phenols is 1. The van der Waals surface area contributed by atoms with Crippen LogP contribution in [0.3, 0.4) is 0 Å². The molecule has 0 bridgehead atoms. The second-order valence-electron chi connectivity index (χ2n) is 25.4. The lowest BCUT2D eigenvalue weighted by Gasteiger charge is -2.19. The van der Waals surface area contributed by atoms with Crippen LogP contribution in [0.25, 0.3) is 0 Å². The summed E-state index contributed by atoms with van der Waals surface area (Å²) in [6.07, 6.45) is 16.9. The Bertz CT molecular complexity index is 3290. The van der Waals surface area contributed by atoms with Gasteiger partial charge in [-0.3, -0.25) is 24.0 Å². The van der Waals surface area contributed by atoms with E-state index in [0.717, 1.165) is 69.2 Å². The number of aromatic hydroxyl groups is 1. The van der Waals surface area contributed by atoms with Crippen LogP contribution < -0.4 is 25.4 Å². The number of carbonyl (C=O) groups is 5. The van der Waals surface area contributed by atoms with Gasteiger partial charge in [0.2, 0.25) is 5.24 Å². The van der Waals surface area contributed by atoms with Crippen molar-refractivity contribution in [2.45, 2.75) is 189 Å². The Kier molecular flexibility index (Phi) is 27.9. The third kappa shape index (κ3) is 23.6. The molecule has 4 N–H and O–H groups in total. The molecule has 0 radical (unpaired) electrons. The molecule has 0 fully saturated rings. The monoisotopic (exact) mass is 1390 g/mol. The minimum Gasteiger partial charge on any atom is -0.506 e. The molecule has 0 saturated carbocycles. The Morgan fingerprint density at radius 1 is 0.437 bits per heavy atom. The number of aryl methyl sites for hydroxylation is 6. The van der Waals surface area contributed by atoms with E-state index in [1.165, 1.54) is 102 Å². The van der Waals surface area contributed by atoms with E-state index in [1.807, 2.05) is 97.1 Å². The van der Waals surface area contributed by atoms with E-state index in [2.05, 4.69) is 149 Å². The maximum Gasteiger partial charge on any atom is 0.369 e. The predicted molar refractivity (Wildman–Crippen MR) is 371 cm³/mol. The van der Waals surface area contributed by atoms with Gasteiger partial charge in [-0.05, 0) is 228 Å². The average Bonchev–Trinajstić information content (AvgIpc) is 3.11. The van der Waals surface area contributed by atoms with Crippen LogP contribution in [0.15, 0.2) is 109 Å². The van der Waals surface area contributed by atoms with Crippen molar-refractivity contribution in [3.05, 3.63) is 176 Å². The predicted octanol–water partition coefficient (Wildman–Crippen LogP) is 19.1. The first-order valence-electron chi connectivity index (χ1n) is 30.2. The highest BCUT2D eigenvalue weighted by atomic mass is 79.9. The smallest absolute Gasteiger partial charge is 0.369 e. The number of rotatable bonds is 8. The van der Waals surface area contributed by atoms with Crippen LogP contribution in [0.5, 0.6) is 17.2 Å². The molecule has 0 atom stereocenters. The van der Waals surface area contributed by atoms with Crippen molar-refractivity contribution < 1.29 is 38.6 Å². The number of hydrogen-bond acceptors (Lipinski definition) is 8. The number of benzene rings is 6. The molecular formula is C71H88BBr3ClN3O8. The van der Waals surface area contributed by atoms with Gasteiger partial charge >= 0.3 is 9.15 Å². The van der Waals surface area contributed by atoms with Gasteiger partial charge in [-0.2, -0.15) is 0 Å². The second kappa shape index (κ2) is 33.7. The van der Waals surface area contributed by atoms with Crippen LogP contribution >= 0.6 is 58.9 Å². The summed E-state index contributed by atoms with van der Waals surface area (Å²) in [5.74, 6) is 0.432. The van der Waals surface area contributed by atoms with Gasteiger partial charge in [-0.15, -0.1) is 47.3 Å². The van der Waals surface area contributed by atoms with E-state index >= 15 is 0 Å². The van der Waals surface area contributed by atoms with Crippen molar-refractivity contribution in [3.8, 4) is 17.2 Å². The molecule has 0 spiro atoms. The van der Waals surface area contributed by atoms with Crippen LogP contribution in [0.2, 0.25) is 0 Å². The zero-order valence-corrected chi connectivity index (χ0v) is 58.4. The van der Waals surface area contributed by atoms with Gasteiger partial charge in [-0.1, -0.05) is 118 Å². The molecule has 0 unspecified atom stereocenters. The lowest BCUT2D eigenvalue weighted by molar-refractivity contribution is -0.131. The van der Waals surface area contributed by atoms with Gasteiger partial charge in [0.05, 0.1) is 24.2 Å². The topological polar surface area (TPSA) is 160 Å². The molecule has 6 aromatic carbocycles. The Labute approximate surface area is 547 Å². The third-order valence-electron chi connectivity index (χ3n) is 15.4. The zero-order valence-electron chi connectivity index (χ0n) is 52.9. The largest absolute Gasteiger partial charge is 0.506 e. The Balaban J connectivity index is 0.000000224. The number of amides is 3. The standard InChI is InChI=1S/C24H29NO3.C23H29NO2.C22H27NO2.C2H3ClO.BBr3/c1-16(26)28-22-15-19-9-7-5-6-8-18(19)14-21(22)25-23(27)17-10-12-20(13-11-17)24(2,3)4;1-23(2,3)19-12-10-16(11-13-19)22(25)24-20-14-17-8-6-5-7-9-18(17)15-21(20)26-4;1-22(2,3)18-11-9-15(10-12-18)21(25)23-19-13-16-7-5-4-6-8-17(16)14-20(19)24;1-2(3)4;2-1(3)4/h10-15H,5-9H2,1-4H3,(H,25,27);10-15H,5-9H2,1-4H3,(H,24,25);9-14,24H,4-8H2,1-3H3,(H,23,25);1H3;. The van der Waals surface area contributed by atoms with Gasteiger partial charge in [0.25, 0.3) is 17.7 Å². The molecule has 6 aromatic rings. The van der Waals surface area contributed by atoms with Crippen molar-refractivity contribution in [1.29, 1.82) is 0 Å². The minimum absolute atomic E-state index is 0.0362. The summed E-state index contributed by atoms with van der Waals surface area (Å²) in [6.45, 7) is 22.1. The van der Waals surface area contributed by atoms with E-state index in [4.69, 9.17) is 9.47 Å². The third-order valence-corrected chi connectivity index (χ3v) is 15.4. The maximum atomic E-state index is 12.8. The highest BCUT2D eigenvalue weighted by Gasteiger charge is 2.22. The molecule has 87 heavy (non-hydrogen) atoms. The Morgan fingerprint density at radius 2 is 0.690 bits per heavy atom. The fraction of sp³-hybridized carbons (Fsp3) is 0.423. The van der Waals surface area contributed by atoms with E-state index in [1.54, 1.807) is 7.11 Å². The molecule has 3 amide bonds. The normalized spacial score (nSPS) is 13.6. The number of ether oxygens (including phenoxy) is 2. The fourth-order valence-electron chi connectivity index (χ4n) is 10.5. The van der Waals surface area contributed by atoms with Gasteiger partial charge in [0.1, 0.15) is 11.5 Å². The summed E-state index contributed by atoms with van der Waals surface area (Å²) in [5.41, 5.74) is 15.0. The first kappa shape index (κ1) is 72.0. The molecule has 0 aliphatic heterocycles. The van der Waals surface area contributed by atoms with E-state index < -0.39 is 5.97 Å². The number of phenolic OH excluding ortho intramolecular Hbond substituents is 1. The van der Waals surface area contributed by atoms with Crippen molar-refractivity contribution >= 4 is 108 Å². The number of carbonyl (C=O) groups excluding carboxylic acids is 5. The molecule has 16 heteroatoms. The molecule has 11 nitrogen and oxygen atoms in total. The number of nitrogens with one attached hydrogen (secondary N) is 3. The number of anilines is 3. The van der Waals surface area contributed by atoms with Crippen LogP contribution in [-0.2, 0) is 64.4 Å². The van der Waals surface area contributed by atoms with E-state index in [-0.39, 0.29) is 48.1 Å². The number of halogens is 4. The summed E-state index contributed by atoms with van der Waals surface area (Å²) in [6, 6.07) is 35.0. The van der Waals surface area contributed by atoms with E-state index in [0.29, 0.717) is 33.8 Å². The highest BCUT2D eigenvalue weighted by molar-refractivity contribution is 9.69. The second-order valence-corrected chi connectivity index (χ2v) is 32.4. The fourth-order valence-corrected chi connectivity index (χ4v) is 10.5. The van der Waals surface area contributed by atoms with E-state index in [9.17, 15) is 29.1 Å². The lowest BCUT2D eigenvalue weighted by Crippen LogP contribution is -2.16. The van der Waals surface area contributed by atoms with Crippen LogP contribution in [0.4, 0.5) is 17.1 Å². The first-order valence-corrected chi connectivity index (χ1v) is 33.3. The summed E-state index contributed by atoms with van der Waals surface area (Å²) in [4.78, 5) is 58.8. The molecule has 0 saturated heterocycles. The van der Waals surface area contributed by atoms with Gasteiger partial charge < -0.3 is 30.5 Å². The quantitative estimate of drug-likeness (QED) is 0.0293.